The van der Waals surface area contributed by atoms with E-state index in [1.807, 2.05) is 48.5 Å². The lowest BCUT2D eigenvalue weighted by atomic mass is 10.1. The van der Waals surface area contributed by atoms with Gasteiger partial charge in [0.2, 0.25) is 17.7 Å². The van der Waals surface area contributed by atoms with Crippen molar-refractivity contribution in [3.05, 3.63) is 59.7 Å². The first-order valence-corrected chi connectivity index (χ1v) is 11.1. The van der Waals surface area contributed by atoms with Crippen LogP contribution in [0.2, 0.25) is 0 Å². The van der Waals surface area contributed by atoms with Crippen molar-refractivity contribution in [1.82, 2.24) is 15.5 Å². The third kappa shape index (κ3) is 6.97. The Morgan fingerprint density at radius 3 is 2.42 bits per heavy atom. The minimum Gasteiger partial charge on any atom is -0.493 e. The van der Waals surface area contributed by atoms with Crippen LogP contribution >= 0.6 is 0 Å². The summed E-state index contributed by atoms with van der Waals surface area (Å²) >= 11 is 0. The third-order valence-electron chi connectivity index (χ3n) is 5.66. The number of benzene rings is 2. The molecule has 0 aliphatic carbocycles. The Labute approximate surface area is 194 Å². The van der Waals surface area contributed by atoms with Crippen molar-refractivity contribution >= 4 is 17.7 Å². The van der Waals surface area contributed by atoms with E-state index in [0.29, 0.717) is 50.5 Å². The number of hydrogen-bond acceptors (Lipinski definition) is 5. The van der Waals surface area contributed by atoms with Crippen molar-refractivity contribution in [1.29, 1.82) is 0 Å². The molecular weight excluding hydrogens is 422 g/mol. The number of methoxy groups -OCH3 is 2. The number of hydrogen-bond donors (Lipinski definition) is 2. The summed E-state index contributed by atoms with van der Waals surface area (Å²) in [6.45, 7) is 1.61. The van der Waals surface area contributed by atoms with Gasteiger partial charge in [0.1, 0.15) is 0 Å². The van der Waals surface area contributed by atoms with E-state index in [-0.39, 0.29) is 30.1 Å². The lowest BCUT2D eigenvalue weighted by Gasteiger charge is -2.17. The van der Waals surface area contributed by atoms with Gasteiger partial charge in [-0.3, -0.25) is 14.4 Å². The molecule has 1 unspecified atom stereocenters. The number of nitrogens with zero attached hydrogens (tertiary/aromatic N) is 1. The molecule has 1 aliphatic rings. The van der Waals surface area contributed by atoms with E-state index >= 15 is 0 Å². The highest BCUT2D eigenvalue weighted by Gasteiger charge is 2.33. The smallest absolute Gasteiger partial charge is 0.225 e. The van der Waals surface area contributed by atoms with Gasteiger partial charge in [0, 0.05) is 32.6 Å². The van der Waals surface area contributed by atoms with Gasteiger partial charge in [-0.05, 0) is 29.7 Å². The molecule has 0 radical (unpaired) electrons. The predicted octanol–water partition coefficient (Wildman–Crippen LogP) is 1.57. The molecule has 3 amide bonds. The standard InChI is InChI=1S/C25H31N3O5/c1-32-21-9-8-19(14-22(21)33-2)10-13-28-17-20(16-24(28)30)25(31)27-12-11-26-23(29)15-18-6-4-3-5-7-18/h3-9,14,20H,10-13,15-17H2,1-2H3,(H,26,29)(H,27,31). The largest absolute Gasteiger partial charge is 0.493 e. The molecule has 1 fully saturated rings. The second kappa shape index (κ2) is 11.9. The van der Waals surface area contributed by atoms with Crippen LogP contribution in [-0.2, 0) is 27.2 Å². The summed E-state index contributed by atoms with van der Waals surface area (Å²) in [5.74, 6) is 0.666. The molecule has 1 heterocycles. The molecule has 176 valence electrons. The van der Waals surface area contributed by atoms with Crippen molar-refractivity contribution in [3.63, 3.8) is 0 Å². The van der Waals surface area contributed by atoms with Gasteiger partial charge in [0.05, 0.1) is 26.6 Å². The highest BCUT2D eigenvalue weighted by Crippen LogP contribution is 2.28. The molecule has 0 bridgehead atoms. The van der Waals surface area contributed by atoms with Crippen molar-refractivity contribution < 1.29 is 23.9 Å². The maximum absolute atomic E-state index is 12.5. The van der Waals surface area contributed by atoms with Crippen LogP contribution in [0.3, 0.4) is 0 Å². The third-order valence-corrected chi connectivity index (χ3v) is 5.66. The topological polar surface area (TPSA) is 97.0 Å². The zero-order valence-electron chi connectivity index (χ0n) is 19.1. The Hall–Kier alpha value is -3.55. The van der Waals surface area contributed by atoms with Crippen molar-refractivity contribution in [2.75, 3.05) is 40.4 Å². The van der Waals surface area contributed by atoms with Crippen LogP contribution in [0.5, 0.6) is 11.5 Å². The maximum atomic E-state index is 12.5. The van der Waals surface area contributed by atoms with Crippen LogP contribution < -0.4 is 20.1 Å². The lowest BCUT2D eigenvalue weighted by Crippen LogP contribution is -2.38. The predicted molar refractivity (Wildman–Crippen MR) is 124 cm³/mol. The molecule has 2 N–H and O–H groups in total. The Morgan fingerprint density at radius 2 is 1.70 bits per heavy atom. The van der Waals surface area contributed by atoms with E-state index in [0.717, 1.165) is 11.1 Å². The van der Waals surface area contributed by atoms with Gasteiger partial charge >= 0.3 is 0 Å². The number of carbonyl (C=O) groups excluding carboxylic acids is 3. The van der Waals surface area contributed by atoms with Gasteiger partial charge in [-0.25, -0.2) is 0 Å². The highest BCUT2D eigenvalue weighted by atomic mass is 16.5. The summed E-state index contributed by atoms with van der Waals surface area (Å²) in [5, 5.41) is 5.62. The van der Waals surface area contributed by atoms with Crippen LogP contribution in [0.15, 0.2) is 48.5 Å². The summed E-state index contributed by atoms with van der Waals surface area (Å²) < 4.78 is 10.6. The van der Waals surface area contributed by atoms with E-state index < -0.39 is 0 Å². The summed E-state index contributed by atoms with van der Waals surface area (Å²) in [6, 6.07) is 15.2. The van der Waals surface area contributed by atoms with Crippen LogP contribution in [-0.4, -0.2) is 63.0 Å². The molecule has 8 nitrogen and oxygen atoms in total. The molecule has 1 aliphatic heterocycles. The maximum Gasteiger partial charge on any atom is 0.225 e. The van der Waals surface area contributed by atoms with Crippen LogP contribution in [0.25, 0.3) is 0 Å². The van der Waals surface area contributed by atoms with Gasteiger partial charge in [-0.2, -0.15) is 0 Å². The van der Waals surface area contributed by atoms with Gasteiger partial charge in [-0.1, -0.05) is 36.4 Å². The van der Waals surface area contributed by atoms with E-state index in [1.54, 1.807) is 19.1 Å². The summed E-state index contributed by atoms with van der Waals surface area (Å²) in [7, 11) is 3.17. The molecule has 1 saturated heterocycles. The zero-order chi connectivity index (χ0) is 23.6. The first-order valence-electron chi connectivity index (χ1n) is 11.1. The van der Waals surface area contributed by atoms with Gasteiger partial charge in [0.15, 0.2) is 11.5 Å². The molecule has 3 rings (SSSR count). The quantitative estimate of drug-likeness (QED) is 0.504. The summed E-state index contributed by atoms with van der Waals surface area (Å²) in [6.07, 6.45) is 1.17. The molecule has 0 spiro atoms. The first-order chi connectivity index (χ1) is 16.0. The number of ether oxygens (including phenoxy) is 2. The van der Waals surface area contributed by atoms with Crippen molar-refractivity contribution in [2.45, 2.75) is 19.3 Å². The van der Waals surface area contributed by atoms with Crippen molar-refractivity contribution in [3.8, 4) is 11.5 Å². The van der Waals surface area contributed by atoms with E-state index in [4.69, 9.17) is 9.47 Å². The number of likely N-dealkylation sites (tertiary alicyclic amines) is 1. The summed E-state index contributed by atoms with van der Waals surface area (Å²) in [5.41, 5.74) is 1.97. The summed E-state index contributed by atoms with van der Waals surface area (Å²) in [4.78, 5) is 38.5. The monoisotopic (exact) mass is 453 g/mol. The molecule has 2 aromatic rings. The minimum absolute atomic E-state index is 0.0215. The molecule has 33 heavy (non-hydrogen) atoms. The Morgan fingerprint density at radius 1 is 0.970 bits per heavy atom. The van der Waals surface area contributed by atoms with E-state index in [1.165, 1.54) is 0 Å². The number of rotatable bonds is 11. The molecule has 8 heteroatoms. The second-order valence-electron chi connectivity index (χ2n) is 7.98. The fourth-order valence-corrected chi connectivity index (χ4v) is 3.84. The molecular formula is C25H31N3O5. The van der Waals surface area contributed by atoms with Crippen molar-refractivity contribution in [2.24, 2.45) is 5.92 Å². The SMILES string of the molecule is COc1ccc(CCN2CC(C(=O)NCCNC(=O)Cc3ccccc3)CC2=O)cc1OC. The van der Waals surface area contributed by atoms with Gasteiger partial charge < -0.3 is 25.0 Å². The first kappa shape index (κ1) is 24.1. The number of amides is 3. The average Bonchev–Trinajstić information content (AvgIpc) is 3.21. The molecule has 0 saturated carbocycles. The number of nitrogens with one attached hydrogen (secondary N) is 2. The normalized spacial score (nSPS) is 15.3. The molecule has 1 atom stereocenters. The molecule has 0 aromatic heterocycles. The van der Waals surface area contributed by atoms with E-state index in [9.17, 15) is 14.4 Å². The second-order valence-corrected chi connectivity index (χ2v) is 7.98. The zero-order valence-corrected chi connectivity index (χ0v) is 19.1. The lowest BCUT2D eigenvalue weighted by molar-refractivity contribution is -0.129. The van der Waals surface area contributed by atoms with Crippen LogP contribution in [0.4, 0.5) is 0 Å². The van der Waals surface area contributed by atoms with E-state index in [2.05, 4.69) is 10.6 Å². The highest BCUT2D eigenvalue weighted by molar-refractivity contribution is 5.89. The van der Waals surface area contributed by atoms with Crippen LogP contribution in [0.1, 0.15) is 17.5 Å². The fraction of sp³-hybridized carbons (Fsp3) is 0.400. The molecule has 2 aromatic carbocycles. The number of carbonyl (C=O) groups is 3. The minimum atomic E-state index is -0.372. The Kier molecular flexibility index (Phi) is 8.69. The van der Waals surface area contributed by atoms with Crippen LogP contribution in [0, 0.1) is 5.92 Å². The Balaban J connectivity index is 1.37. The van der Waals surface area contributed by atoms with Gasteiger partial charge in [-0.15, -0.1) is 0 Å². The van der Waals surface area contributed by atoms with Gasteiger partial charge in [0.25, 0.3) is 0 Å². The fourth-order valence-electron chi connectivity index (χ4n) is 3.84. The average molecular weight is 454 g/mol. The Bertz CT molecular complexity index is 964.